The van der Waals surface area contributed by atoms with Crippen molar-refractivity contribution < 1.29 is 14.7 Å². The second kappa shape index (κ2) is 6.45. The molecule has 1 saturated heterocycles. The Bertz CT molecular complexity index is 524. The van der Waals surface area contributed by atoms with E-state index >= 15 is 0 Å². The summed E-state index contributed by atoms with van der Waals surface area (Å²) in [4.78, 5) is 26.1. The van der Waals surface area contributed by atoms with Crippen molar-refractivity contribution in [1.82, 2.24) is 10.2 Å². The molecule has 0 radical (unpaired) electrons. The number of amides is 2. The number of carbonyl (C=O) groups is 2. The fourth-order valence-electron chi connectivity index (χ4n) is 2.17. The molecular formula is C15H19ClN2O3. The largest absolute Gasteiger partial charge is 0.389 e. The third kappa shape index (κ3) is 3.74. The lowest BCUT2D eigenvalue weighted by molar-refractivity contribution is -0.144. The highest BCUT2D eigenvalue weighted by atomic mass is 35.5. The average molecular weight is 311 g/mol. The van der Waals surface area contributed by atoms with Gasteiger partial charge in [-0.15, -0.1) is 0 Å². The summed E-state index contributed by atoms with van der Waals surface area (Å²) in [5.41, 5.74) is 0.460. The van der Waals surface area contributed by atoms with Gasteiger partial charge in [0.05, 0.1) is 6.10 Å². The number of carbonyl (C=O) groups excluding carboxylic acids is 2. The van der Waals surface area contributed by atoms with Crippen molar-refractivity contribution in [3.8, 4) is 0 Å². The van der Waals surface area contributed by atoms with E-state index in [9.17, 15) is 14.7 Å². The Kier molecular flexibility index (Phi) is 4.85. The number of hydrogen-bond donors (Lipinski definition) is 2. The first-order valence-corrected chi connectivity index (χ1v) is 7.29. The van der Waals surface area contributed by atoms with Crippen molar-refractivity contribution in [2.75, 3.05) is 13.1 Å². The smallest absolute Gasteiger partial charge is 0.251 e. The van der Waals surface area contributed by atoms with E-state index in [1.54, 1.807) is 29.2 Å². The molecule has 6 heteroatoms. The Morgan fingerprint density at radius 3 is 2.33 bits per heavy atom. The van der Waals surface area contributed by atoms with Crippen LogP contribution in [0.1, 0.15) is 24.2 Å². The van der Waals surface area contributed by atoms with Gasteiger partial charge in [0, 0.05) is 23.7 Å². The van der Waals surface area contributed by atoms with E-state index in [1.165, 1.54) is 0 Å². The Hall–Kier alpha value is -1.59. The predicted octanol–water partition coefficient (Wildman–Crippen LogP) is 1.30. The van der Waals surface area contributed by atoms with Gasteiger partial charge in [-0.25, -0.2) is 0 Å². The zero-order valence-corrected chi connectivity index (χ0v) is 12.8. The van der Waals surface area contributed by atoms with Gasteiger partial charge in [-0.2, -0.15) is 0 Å². The predicted molar refractivity (Wildman–Crippen MR) is 80.1 cm³/mol. The van der Waals surface area contributed by atoms with E-state index in [0.717, 1.165) is 0 Å². The Labute approximate surface area is 128 Å². The first-order valence-electron chi connectivity index (χ1n) is 6.91. The monoisotopic (exact) mass is 310 g/mol. The summed E-state index contributed by atoms with van der Waals surface area (Å²) in [7, 11) is 0. The molecule has 1 atom stereocenters. The van der Waals surface area contributed by atoms with Crippen LogP contribution in [0.15, 0.2) is 24.3 Å². The van der Waals surface area contributed by atoms with Gasteiger partial charge in [-0.05, 0) is 30.2 Å². The maximum atomic E-state index is 12.3. The zero-order chi connectivity index (χ0) is 15.6. The first-order chi connectivity index (χ1) is 9.88. The van der Waals surface area contributed by atoms with Crippen LogP contribution in [0.2, 0.25) is 5.02 Å². The second-order valence-electron chi connectivity index (χ2n) is 5.60. The molecule has 1 fully saturated rings. The molecule has 0 bridgehead atoms. The number of hydrogen-bond acceptors (Lipinski definition) is 3. The van der Waals surface area contributed by atoms with Crippen molar-refractivity contribution in [2.24, 2.45) is 5.92 Å². The molecule has 1 unspecified atom stereocenters. The summed E-state index contributed by atoms with van der Waals surface area (Å²) in [6, 6.07) is 5.91. The standard InChI is InChI=1S/C15H19ClN2O3/c1-9(2)13(15(21)18-7-12(19)8-18)17-14(20)10-3-5-11(16)6-4-10/h3-6,9,12-13,19H,7-8H2,1-2H3,(H,17,20). The zero-order valence-electron chi connectivity index (χ0n) is 12.0. The number of aliphatic hydroxyl groups excluding tert-OH is 1. The van der Waals surface area contributed by atoms with E-state index in [2.05, 4.69) is 5.32 Å². The van der Waals surface area contributed by atoms with Gasteiger partial charge in [-0.1, -0.05) is 25.4 Å². The number of benzene rings is 1. The van der Waals surface area contributed by atoms with Crippen LogP contribution >= 0.6 is 11.6 Å². The summed E-state index contributed by atoms with van der Waals surface area (Å²) >= 11 is 5.79. The van der Waals surface area contributed by atoms with E-state index in [-0.39, 0.29) is 17.7 Å². The summed E-state index contributed by atoms with van der Waals surface area (Å²) in [5.74, 6) is -0.496. The molecule has 1 aliphatic heterocycles. The van der Waals surface area contributed by atoms with Crippen LogP contribution in [0.25, 0.3) is 0 Å². The van der Waals surface area contributed by atoms with E-state index in [0.29, 0.717) is 23.7 Å². The van der Waals surface area contributed by atoms with Gasteiger partial charge < -0.3 is 15.3 Å². The Balaban J connectivity index is 2.04. The van der Waals surface area contributed by atoms with Gasteiger partial charge in [0.1, 0.15) is 6.04 Å². The van der Waals surface area contributed by atoms with E-state index in [4.69, 9.17) is 11.6 Å². The molecular weight excluding hydrogens is 292 g/mol. The van der Waals surface area contributed by atoms with Gasteiger partial charge in [0.2, 0.25) is 5.91 Å². The molecule has 2 N–H and O–H groups in total. The highest BCUT2D eigenvalue weighted by Crippen LogP contribution is 2.15. The molecule has 1 aliphatic rings. The van der Waals surface area contributed by atoms with Crippen molar-refractivity contribution in [1.29, 1.82) is 0 Å². The SMILES string of the molecule is CC(C)C(NC(=O)c1ccc(Cl)cc1)C(=O)N1CC(O)C1. The molecule has 2 rings (SSSR count). The van der Waals surface area contributed by atoms with Crippen LogP contribution in [0.4, 0.5) is 0 Å². The summed E-state index contributed by atoms with van der Waals surface area (Å²) in [5, 5.41) is 12.6. The van der Waals surface area contributed by atoms with Crippen molar-refractivity contribution in [3.63, 3.8) is 0 Å². The van der Waals surface area contributed by atoms with Crippen molar-refractivity contribution >= 4 is 23.4 Å². The molecule has 0 spiro atoms. The van der Waals surface area contributed by atoms with Gasteiger partial charge >= 0.3 is 0 Å². The molecule has 0 aliphatic carbocycles. The maximum Gasteiger partial charge on any atom is 0.251 e. The Morgan fingerprint density at radius 1 is 1.29 bits per heavy atom. The molecule has 2 amide bonds. The minimum absolute atomic E-state index is 0.0357. The molecule has 0 aromatic heterocycles. The number of nitrogens with one attached hydrogen (secondary N) is 1. The molecule has 1 aromatic carbocycles. The lowest BCUT2D eigenvalue weighted by atomic mass is 10.00. The Morgan fingerprint density at radius 2 is 1.86 bits per heavy atom. The second-order valence-corrected chi connectivity index (χ2v) is 6.04. The van der Waals surface area contributed by atoms with Gasteiger partial charge in [0.15, 0.2) is 0 Å². The lowest BCUT2D eigenvalue weighted by Crippen LogP contribution is -2.60. The average Bonchev–Trinajstić information content (AvgIpc) is 2.40. The normalized spacial score (nSPS) is 16.5. The fourth-order valence-corrected chi connectivity index (χ4v) is 2.30. The van der Waals surface area contributed by atoms with Gasteiger partial charge in [0.25, 0.3) is 5.91 Å². The first kappa shape index (κ1) is 15.8. The highest BCUT2D eigenvalue weighted by molar-refractivity contribution is 6.30. The quantitative estimate of drug-likeness (QED) is 0.880. The van der Waals surface area contributed by atoms with Gasteiger partial charge in [-0.3, -0.25) is 9.59 Å². The van der Waals surface area contributed by atoms with Crippen LogP contribution in [0.3, 0.4) is 0 Å². The number of nitrogens with zero attached hydrogens (tertiary/aromatic N) is 1. The summed E-state index contributed by atoms with van der Waals surface area (Å²) in [6.45, 7) is 4.42. The van der Waals surface area contributed by atoms with E-state index < -0.39 is 12.1 Å². The minimum atomic E-state index is -0.597. The van der Waals surface area contributed by atoms with Crippen molar-refractivity contribution in [3.05, 3.63) is 34.9 Å². The third-order valence-corrected chi connectivity index (χ3v) is 3.75. The number of halogens is 1. The molecule has 21 heavy (non-hydrogen) atoms. The van der Waals surface area contributed by atoms with Crippen LogP contribution in [-0.2, 0) is 4.79 Å². The summed E-state index contributed by atoms with van der Waals surface area (Å²) in [6.07, 6.45) is -0.450. The highest BCUT2D eigenvalue weighted by Gasteiger charge is 2.35. The van der Waals surface area contributed by atoms with Crippen molar-refractivity contribution in [2.45, 2.75) is 26.0 Å². The van der Waals surface area contributed by atoms with E-state index in [1.807, 2.05) is 13.8 Å². The summed E-state index contributed by atoms with van der Waals surface area (Å²) < 4.78 is 0. The molecule has 114 valence electrons. The minimum Gasteiger partial charge on any atom is -0.389 e. The number of likely N-dealkylation sites (tertiary alicyclic amines) is 1. The number of aliphatic hydroxyl groups is 1. The van der Waals surface area contributed by atoms with Crippen LogP contribution in [-0.4, -0.2) is 47.1 Å². The molecule has 1 aromatic rings. The number of β-amino-alcohol motifs (C(OH)–C–C–N with tert-alkyl or cyclic N) is 1. The van der Waals surface area contributed by atoms with Crippen LogP contribution < -0.4 is 5.32 Å². The molecule has 0 saturated carbocycles. The molecule has 1 heterocycles. The molecule has 5 nitrogen and oxygen atoms in total. The lowest BCUT2D eigenvalue weighted by Gasteiger charge is -2.39. The maximum absolute atomic E-state index is 12.3. The number of rotatable bonds is 4. The van der Waals surface area contributed by atoms with Crippen LogP contribution in [0, 0.1) is 5.92 Å². The third-order valence-electron chi connectivity index (χ3n) is 3.50. The van der Waals surface area contributed by atoms with Crippen LogP contribution in [0.5, 0.6) is 0 Å². The fraction of sp³-hybridized carbons (Fsp3) is 0.467. The topological polar surface area (TPSA) is 69.6 Å².